The van der Waals surface area contributed by atoms with Crippen molar-refractivity contribution in [1.82, 2.24) is 4.98 Å². The third-order valence-corrected chi connectivity index (χ3v) is 2.97. The molecule has 2 heterocycles. The van der Waals surface area contributed by atoms with E-state index in [1.807, 2.05) is 13.0 Å². The number of carboxylic acids is 1. The molecule has 0 saturated carbocycles. The molecule has 0 radical (unpaired) electrons. The van der Waals surface area contributed by atoms with Crippen molar-refractivity contribution >= 4 is 17.3 Å². The maximum atomic E-state index is 10.6. The van der Waals surface area contributed by atoms with E-state index in [9.17, 15) is 4.79 Å². The van der Waals surface area contributed by atoms with Gasteiger partial charge in [0.15, 0.2) is 10.8 Å². The van der Waals surface area contributed by atoms with Gasteiger partial charge in [0.05, 0.1) is 18.4 Å². The third-order valence-electron chi connectivity index (χ3n) is 1.94. The standard InChI is InChI=1S/C10H9NO3S/c1-6-7(5-9(12)13)11-10(15-6)8-3-2-4-14-8/h2-4H,5H2,1H3,(H,12,13). The van der Waals surface area contributed by atoms with E-state index in [0.717, 1.165) is 9.88 Å². The van der Waals surface area contributed by atoms with Gasteiger partial charge >= 0.3 is 5.97 Å². The summed E-state index contributed by atoms with van der Waals surface area (Å²) < 4.78 is 5.19. The molecule has 0 atom stereocenters. The van der Waals surface area contributed by atoms with Crippen LogP contribution < -0.4 is 0 Å². The first-order valence-corrected chi connectivity index (χ1v) is 5.20. The number of hydrogen-bond acceptors (Lipinski definition) is 4. The summed E-state index contributed by atoms with van der Waals surface area (Å²) in [4.78, 5) is 15.7. The Hall–Kier alpha value is -1.62. The fraction of sp³-hybridized carbons (Fsp3) is 0.200. The van der Waals surface area contributed by atoms with Crippen LogP contribution in [0.5, 0.6) is 0 Å². The Morgan fingerprint density at radius 1 is 1.67 bits per heavy atom. The van der Waals surface area contributed by atoms with Crippen LogP contribution in [0.25, 0.3) is 10.8 Å². The molecule has 2 aromatic rings. The van der Waals surface area contributed by atoms with Crippen LogP contribution in [-0.2, 0) is 11.2 Å². The van der Waals surface area contributed by atoms with Crippen molar-refractivity contribution in [2.45, 2.75) is 13.3 Å². The molecule has 78 valence electrons. The van der Waals surface area contributed by atoms with Crippen LogP contribution in [-0.4, -0.2) is 16.1 Å². The number of carbonyl (C=O) groups is 1. The summed E-state index contributed by atoms with van der Waals surface area (Å²) in [7, 11) is 0. The maximum absolute atomic E-state index is 10.6. The van der Waals surface area contributed by atoms with Crippen LogP contribution in [0.1, 0.15) is 10.6 Å². The largest absolute Gasteiger partial charge is 0.481 e. The summed E-state index contributed by atoms with van der Waals surface area (Å²) in [5.74, 6) is -0.186. The van der Waals surface area contributed by atoms with Crippen molar-refractivity contribution in [2.24, 2.45) is 0 Å². The summed E-state index contributed by atoms with van der Waals surface area (Å²) in [5, 5.41) is 9.40. The molecular formula is C10H9NO3S. The summed E-state index contributed by atoms with van der Waals surface area (Å²) in [6.45, 7) is 1.86. The molecule has 15 heavy (non-hydrogen) atoms. The van der Waals surface area contributed by atoms with Gasteiger partial charge in [-0.3, -0.25) is 4.79 Å². The average Bonchev–Trinajstić information content (AvgIpc) is 2.75. The number of aryl methyl sites for hydroxylation is 1. The molecule has 0 amide bonds. The Bertz CT molecular complexity index is 473. The summed E-state index contributed by atoms with van der Waals surface area (Å²) >= 11 is 1.45. The molecule has 0 aromatic carbocycles. The van der Waals surface area contributed by atoms with Crippen molar-refractivity contribution in [1.29, 1.82) is 0 Å². The van der Waals surface area contributed by atoms with Gasteiger partial charge < -0.3 is 9.52 Å². The predicted octanol–water partition coefficient (Wildman–Crippen LogP) is 2.34. The lowest BCUT2D eigenvalue weighted by Crippen LogP contribution is -2.01. The fourth-order valence-electron chi connectivity index (χ4n) is 1.24. The minimum Gasteiger partial charge on any atom is -0.481 e. The molecule has 0 fully saturated rings. The van der Waals surface area contributed by atoms with E-state index in [2.05, 4.69) is 4.98 Å². The van der Waals surface area contributed by atoms with E-state index in [4.69, 9.17) is 9.52 Å². The van der Waals surface area contributed by atoms with E-state index in [1.165, 1.54) is 11.3 Å². The van der Waals surface area contributed by atoms with E-state index in [0.29, 0.717) is 11.5 Å². The first-order valence-electron chi connectivity index (χ1n) is 4.39. The van der Waals surface area contributed by atoms with Gasteiger partial charge in [0.1, 0.15) is 0 Å². The van der Waals surface area contributed by atoms with Gasteiger partial charge in [-0.05, 0) is 19.1 Å². The number of carboxylic acid groups (broad SMARTS) is 1. The molecule has 0 aliphatic heterocycles. The minimum absolute atomic E-state index is 0.0386. The minimum atomic E-state index is -0.866. The topological polar surface area (TPSA) is 63.3 Å². The smallest absolute Gasteiger partial charge is 0.309 e. The van der Waals surface area contributed by atoms with Crippen LogP contribution in [0, 0.1) is 6.92 Å². The highest BCUT2D eigenvalue weighted by molar-refractivity contribution is 7.15. The Labute approximate surface area is 90.2 Å². The van der Waals surface area contributed by atoms with Crippen LogP contribution in [0.3, 0.4) is 0 Å². The summed E-state index contributed by atoms with van der Waals surface area (Å²) in [6, 6.07) is 3.59. The molecule has 0 bridgehead atoms. The molecular weight excluding hydrogens is 214 g/mol. The van der Waals surface area contributed by atoms with Gasteiger partial charge in [-0.15, -0.1) is 11.3 Å². The summed E-state index contributed by atoms with van der Waals surface area (Å²) in [5.41, 5.74) is 0.610. The predicted molar refractivity (Wildman–Crippen MR) is 55.9 cm³/mol. The molecule has 0 spiro atoms. The van der Waals surface area contributed by atoms with Crippen LogP contribution in [0.4, 0.5) is 0 Å². The normalized spacial score (nSPS) is 10.5. The van der Waals surface area contributed by atoms with Crippen LogP contribution in [0.15, 0.2) is 22.8 Å². The second-order valence-corrected chi connectivity index (χ2v) is 4.27. The molecule has 2 aromatic heterocycles. The van der Waals surface area contributed by atoms with E-state index < -0.39 is 5.97 Å². The number of aromatic nitrogens is 1. The van der Waals surface area contributed by atoms with Crippen molar-refractivity contribution in [3.05, 3.63) is 29.0 Å². The fourth-order valence-corrected chi connectivity index (χ4v) is 2.14. The maximum Gasteiger partial charge on any atom is 0.309 e. The number of aliphatic carboxylic acids is 1. The number of furan rings is 1. The van der Waals surface area contributed by atoms with Crippen molar-refractivity contribution in [2.75, 3.05) is 0 Å². The van der Waals surface area contributed by atoms with Crippen LogP contribution in [0.2, 0.25) is 0 Å². The molecule has 0 saturated heterocycles. The monoisotopic (exact) mass is 223 g/mol. The number of thiazole rings is 1. The van der Waals surface area contributed by atoms with Gasteiger partial charge in [-0.1, -0.05) is 0 Å². The number of hydrogen-bond donors (Lipinski definition) is 1. The zero-order chi connectivity index (χ0) is 10.8. The second kappa shape index (κ2) is 3.86. The highest BCUT2D eigenvalue weighted by atomic mass is 32.1. The molecule has 1 N–H and O–H groups in total. The van der Waals surface area contributed by atoms with Gasteiger partial charge in [-0.2, -0.15) is 0 Å². The Kier molecular flexibility index (Phi) is 2.55. The molecule has 0 aliphatic carbocycles. The molecule has 0 unspecified atom stereocenters. The Balaban J connectivity index is 2.33. The SMILES string of the molecule is Cc1sc(-c2ccco2)nc1CC(=O)O. The van der Waals surface area contributed by atoms with Gasteiger partial charge in [0.25, 0.3) is 0 Å². The first kappa shape index (κ1) is 9.92. The van der Waals surface area contributed by atoms with Crippen LogP contribution >= 0.6 is 11.3 Å². The van der Waals surface area contributed by atoms with Gasteiger partial charge in [-0.25, -0.2) is 4.98 Å². The molecule has 2 rings (SSSR count). The molecule has 5 heteroatoms. The molecule has 0 aliphatic rings. The van der Waals surface area contributed by atoms with E-state index in [-0.39, 0.29) is 6.42 Å². The Morgan fingerprint density at radius 2 is 2.47 bits per heavy atom. The van der Waals surface area contributed by atoms with Gasteiger partial charge in [0, 0.05) is 4.88 Å². The number of rotatable bonds is 3. The third kappa shape index (κ3) is 2.07. The highest BCUT2D eigenvalue weighted by Gasteiger charge is 2.13. The average molecular weight is 223 g/mol. The molecule has 4 nitrogen and oxygen atoms in total. The van der Waals surface area contributed by atoms with Crippen molar-refractivity contribution in [3.8, 4) is 10.8 Å². The zero-order valence-corrected chi connectivity index (χ0v) is 8.87. The highest BCUT2D eigenvalue weighted by Crippen LogP contribution is 2.27. The number of nitrogens with zero attached hydrogens (tertiary/aromatic N) is 1. The van der Waals surface area contributed by atoms with Crippen molar-refractivity contribution < 1.29 is 14.3 Å². The van der Waals surface area contributed by atoms with Crippen molar-refractivity contribution in [3.63, 3.8) is 0 Å². The zero-order valence-electron chi connectivity index (χ0n) is 8.06. The van der Waals surface area contributed by atoms with Gasteiger partial charge in [0.2, 0.25) is 0 Å². The quantitative estimate of drug-likeness (QED) is 0.867. The second-order valence-electron chi connectivity index (χ2n) is 3.07. The summed E-state index contributed by atoms with van der Waals surface area (Å²) in [6.07, 6.45) is 1.53. The lowest BCUT2D eigenvalue weighted by molar-refractivity contribution is -0.136. The van der Waals surface area contributed by atoms with E-state index >= 15 is 0 Å². The Morgan fingerprint density at radius 3 is 3.07 bits per heavy atom. The van der Waals surface area contributed by atoms with E-state index in [1.54, 1.807) is 12.3 Å². The lowest BCUT2D eigenvalue weighted by Gasteiger charge is -1.90. The lowest BCUT2D eigenvalue weighted by atomic mass is 10.3. The first-order chi connectivity index (χ1) is 7.16.